The first-order valence-electron chi connectivity index (χ1n) is 6.53. The Bertz CT molecular complexity index is 409. The highest BCUT2D eigenvalue weighted by Crippen LogP contribution is 2.25. The highest BCUT2D eigenvalue weighted by Gasteiger charge is 2.19. The van der Waals surface area contributed by atoms with E-state index in [0.29, 0.717) is 5.02 Å². The van der Waals surface area contributed by atoms with Crippen LogP contribution in [0.15, 0.2) is 18.2 Å². The van der Waals surface area contributed by atoms with Crippen LogP contribution < -0.4 is 5.32 Å². The molecule has 1 aromatic rings. The number of hydrogen-bond donors (Lipinski definition) is 1. The molecule has 0 aromatic heterocycles. The van der Waals surface area contributed by atoms with Gasteiger partial charge in [-0.25, -0.2) is 4.39 Å². The standard InChI is InChI=1S/C15H23ClFNO/c1-11(13-6-5-12(17)9-14(13)16)18-10-15(2,3)7-8-19-4/h5-6,9,11,18H,7-8,10H2,1-4H3. The normalized spacial score (nSPS) is 13.6. The van der Waals surface area contributed by atoms with Crippen molar-refractivity contribution in [1.82, 2.24) is 5.32 Å². The van der Waals surface area contributed by atoms with E-state index in [2.05, 4.69) is 19.2 Å². The number of methoxy groups -OCH3 is 1. The molecule has 0 aliphatic heterocycles. The third kappa shape index (κ3) is 5.47. The molecule has 0 heterocycles. The molecule has 1 atom stereocenters. The van der Waals surface area contributed by atoms with Crippen molar-refractivity contribution in [2.75, 3.05) is 20.3 Å². The molecule has 0 amide bonds. The summed E-state index contributed by atoms with van der Waals surface area (Å²) in [7, 11) is 1.71. The zero-order chi connectivity index (χ0) is 14.5. The van der Waals surface area contributed by atoms with Crippen molar-refractivity contribution in [2.45, 2.75) is 33.2 Å². The molecule has 1 unspecified atom stereocenters. The van der Waals surface area contributed by atoms with E-state index in [4.69, 9.17) is 16.3 Å². The van der Waals surface area contributed by atoms with Crippen molar-refractivity contribution in [1.29, 1.82) is 0 Å². The second-order valence-corrected chi connectivity index (χ2v) is 6.08. The largest absolute Gasteiger partial charge is 0.385 e. The summed E-state index contributed by atoms with van der Waals surface area (Å²) in [6.45, 7) is 8.02. The van der Waals surface area contributed by atoms with Crippen LogP contribution in [0.2, 0.25) is 5.02 Å². The highest BCUT2D eigenvalue weighted by molar-refractivity contribution is 6.31. The minimum Gasteiger partial charge on any atom is -0.385 e. The Morgan fingerprint density at radius 3 is 2.68 bits per heavy atom. The van der Waals surface area contributed by atoms with Crippen LogP contribution in [-0.2, 0) is 4.74 Å². The summed E-state index contributed by atoms with van der Waals surface area (Å²) in [5.74, 6) is -0.304. The van der Waals surface area contributed by atoms with Gasteiger partial charge in [-0.2, -0.15) is 0 Å². The van der Waals surface area contributed by atoms with Gasteiger partial charge in [-0.3, -0.25) is 0 Å². The summed E-state index contributed by atoms with van der Waals surface area (Å²) in [6.07, 6.45) is 0.986. The summed E-state index contributed by atoms with van der Waals surface area (Å²) in [5, 5.41) is 3.91. The highest BCUT2D eigenvalue weighted by atomic mass is 35.5. The monoisotopic (exact) mass is 287 g/mol. The number of nitrogens with one attached hydrogen (secondary N) is 1. The molecular weight excluding hydrogens is 265 g/mol. The van der Waals surface area contributed by atoms with Gasteiger partial charge in [0.2, 0.25) is 0 Å². The third-order valence-corrected chi connectivity index (χ3v) is 3.63. The van der Waals surface area contributed by atoms with Gasteiger partial charge in [-0.05, 0) is 36.5 Å². The van der Waals surface area contributed by atoms with E-state index in [9.17, 15) is 4.39 Å². The van der Waals surface area contributed by atoms with E-state index in [0.717, 1.165) is 25.1 Å². The van der Waals surface area contributed by atoms with E-state index in [1.807, 2.05) is 6.92 Å². The van der Waals surface area contributed by atoms with Gasteiger partial charge in [0.1, 0.15) is 5.82 Å². The van der Waals surface area contributed by atoms with Crippen LogP contribution in [0.4, 0.5) is 4.39 Å². The second-order valence-electron chi connectivity index (χ2n) is 5.68. The van der Waals surface area contributed by atoms with Crippen LogP contribution in [0.5, 0.6) is 0 Å². The molecule has 2 nitrogen and oxygen atoms in total. The quantitative estimate of drug-likeness (QED) is 0.812. The maximum absolute atomic E-state index is 13.0. The molecule has 0 fully saturated rings. The predicted molar refractivity (Wildman–Crippen MR) is 78.1 cm³/mol. The van der Waals surface area contributed by atoms with Gasteiger partial charge >= 0.3 is 0 Å². The van der Waals surface area contributed by atoms with Gasteiger partial charge < -0.3 is 10.1 Å². The van der Waals surface area contributed by atoms with Crippen LogP contribution in [-0.4, -0.2) is 20.3 Å². The van der Waals surface area contributed by atoms with Gasteiger partial charge in [0.15, 0.2) is 0 Å². The lowest BCUT2D eigenvalue weighted by atomic mass is 9.89. The zero-order valence-electron chi connectivity index (χ0n) is 12.1. The van der Waals surface area contributed by atoms with Crippen molar-refractivity contribution in [3.8, 4) is 0 Å². The molecule has 4 heteroatoms. The average molecular weight is 288 g/mol. The number of halogens is 2. The van der Waals surface area contributed by atoms with E-state index in [-0.39, 0.29) is 17.3 Å². The Morgan fingerprint density at radius 1 is 1.42 bits per heavy atom. The number of benzene rings is 1. The van der Waals surface area contributed by atoms with Gasteiger partial charge in [0.05, 0.1) is 0 Å². The van der Waals surface area contributed by atoms with Gasteiger partial charge in [-0.15, -0.1) is 0 Å². The lowest BCUT2D eigenvalue weighted by molar-refractivity contribution is 0.149. The maximum Gasteiger partial charge on any atom is 0.124 e. The molecule has 0 saturated heterocycles. The molecule has 0 radical (unpaired) electrons. The van der Waals surface area contributed by atoms with E-state index in [1.165, 1.54) is 12.1 Å². The van der Waals surface area contributed by atoms with Crippen molar-refractivity contribution >= 4 is 11.6 Å². The fourth-order valence-electron chi connectivity index (χ4n) is 1.86. The molecule has 0 spiro atoms. The Kier molecular flexibility index (Phi) is 6.24. The second kappa shape index (κ2) is 7.22. The summed E-state index contributed by atoms with van der Waals surface area (Å²) >= 11 is 6.06. The molecule has 108 valence electrons. The van der Waals surface area contributed by atoms with E-state index in [1.54, 1.807) is 13.2 Å². The smallest absolute Gasteiger partial charge is 0.124 e. The fraction of sp³-hybridized carbons (Fsp3) is 0.600. The Morgan fingerprint density at radius 2 is 2.11 bits per heavy atom. The van der Waals surface area contributed by atoms with Crippen molar-refractivity contribution in [3.63, 3.8) is 0 Å². The first-order chi connectivity index (χ1) is 8.85. The van der Waals surface area contributed by atoms with Crippen LogP contribution in [0.1, 0.15) is 38.8 Å². The maximum atomic E-state index is 13.0. The Balaban J connectivity index is 2.57. The molecule has 0 bridgehead atoms. The summed E-state index contributed by atoms with van der Waals surface area (Å²) in [6, 6.07) is 4.62. The number of ether oxygens (including phenoxy) is 1. The minimum absolute atomic E-state index is 0.0925. The van der Waals surface area contributed by atoms with Crippen molar-refractivity contribution in [2.24, 2.45) is 5.41 Å². The number of hydrogen-bond acceptors (Lipinski definition) is 2. The van der Waals surface area contributed by atoms with Gasteiger partial charge in [0.25, 0.3) is 0 Å². The van der Waals surface area contributed by atoms with Crippen LogP contribution >= 0.6 is 11.6 Å². The van der Waals surface area contributed by atoms with Crippen molar-refractivity contribution in [3.05, 3.63) is 34.6 Å². The Labute approximate surface area is 120 Å². The van der Waals surface area contributed by atoms with Crippen molar-refractivity contribution < 1.29 is 9.13 Å². The molecule has 0 aliphatic rings. The van der Waals surface area contributed by atoms with Crippen LogP contribution in [0, 0.1) is 11.2 Å². The summed E-state index contributed by atoms with van der Waals surface area (Å²) in [4.78, 5) is 0. The summed E-state index contributed by atoms with van der Waals surface area (Å²) < 4.78 is 18.1. The lowest BCUT2D eigenvalue weighted by Crippen LogP contribution is -2.32. The predicted octanol–water partition coefficient (Wildman–Crippen LogP) is 4.19. The molecule has 19 heavy (non-hydrogen) atoms. The first kappa shape index (κ1) is 16.4. The lowest BCUT2D eigenvalue weighted by Gasteiger charge is -2.27. The third-order valence-electron chi connectivity index (χ3n) is 3.30. The number of rotatable bonds is 7. The van der Waals surface area contributed by atoms with Crippen LogP contribution in [0.3, 0.4) is 0 Å². The molecule has 1 N–H and O–H groups in total. The molecule has 1 aromatic carbocycles. The fourth-order valence-corrected chi connectivity index (χ4v) is 2.19. The topological polar surface area (TPSA) is 21.3 Å². The average Bonchev–Trinajstić information content (AvgIpc) is 2.34. The van der Waals surface area contributed by atoms with Gasteiger partial charge in [0, 0.05) is 31.3 Å². The molecular formula is C15H23ClFNO. The molecule has 0 aliphatic carbocycles. The minimum atomic E-state index is -0.304. The molecule has 0 saturated carbocycles. The first-order valence-corrected chi connectivity index (χ1v) is 6.91. The molecule has 1 rings (SSSR count). The Hall–Kier alpha value is -0.640. The SMILES string of the molecule is COCCC(C)(C)CNC(C)c1ccc(F)cc1Cl. The van der Waals surface area contributed by atoms with Gasteiger partial charge in [-0.1, -0.05) is 31.5 Å². The zero-order valence-corrected chi connectivity index (χ0v) is 12.9. The van der Waals surface area contributed by atoms with Crippen LogP contribution in [0.25, 0.3) is 0 Å². The van der Waals surface area contributed by atoms with E-state index >= 15 is 0 Å². The van der Waals surface area contributed by atoms with E-state index < -0.39 is 0 Å². The summed E-state index contributed by atoms with van der Waals surface area (Å²) in [5.41, 5.74) is 1.07.